The third-order valence-electron chi connectivity index (χ3n) is 2.02. The fraction of sp³-hybridized carbons (Fsp3) is 0.833. The fourth-order valence-corrected chi connectivity index (χ4v) is 1.31. The Labute approximate surface area is 103 Å². The lowest BCUT2D eigenvalue weighted by Gasteiger charge is -2.08. The zero-order valence-electron chi connectivity index (χ0n) is 11.0. The van der Waals surface area contributed by atoms with Crippen molar-refractivity contribution in [2.75, 3.05) is 19.7 Å². The second-order valence-corrected chi connectivity index (χ2v) is 4.13. The van der Waals surface area contributed by atoms with Crippen molar-refractivity contribution in [1.82, 2.24) is 10.6 Å². The molecule has 1 amide bonds. The molecule has 0 heterocycles. The van der Waals surface area contributed by atoms with Crippen molar-refractivity contribution in [2.24, 2.45) is 0 Å². The van der Waals surface area contributed by atoms with Crippen LogP contribution in [-0.2, 0) is 14.3 Å². The first kappa shape index (κ1) is 15.9. The lowest BCUT2D eigenvalue weighted by Crippen LogP contribution is -2.32. The minimum Gasteiger partial charge on any atom is -0.466 e. The number of carbonyl (C=O) groups is 2. The molecule has 5 nitrogen and oxygen atoms in total. The summed E-state index contributed by atoms with van der Waals surface area (Å²) in [5, 5.41) is 5.93. The highest BCUT2D eigenvalue weighted by Gasteiger charge is 2.03. The smallest absolute Gasteiger partial charge is 0.305 e. The highest BCUT2D eigenvalue weighted by molar-refractivity contribution is 5.76. The monoisotopic (exact) mass is 244 g/mol. The Morgan fingerprint density at radius 3 is 2.47 bits per heavy atom. The van der Waals surface area contributed by atoms with Gasteiger partial charge in [-0.15, -0.1) is 0 Å². The first-order valence-corrected chi connectivity index (χ1v) is 6.22. The maximum Gasteiger partial charge on any atom is 0.305 e. The van der Waals surface area contributed by atoms with Crippen LogP contribution in [0.2, 0.25) is 0 Å². The summed E-state index contributed by atoms with van der Waals surface area (Å²) in [4.78, 5) is 22.2. The van der Waals surface area contributed by atoms with Gasteiger partial charge in [0.15, 0.2) is 0 Å². The second-order valence-electron chi connectivity index (χ2n) is 4.13. The van der Waals surface area contributed by atoms with Crippen LogP contribution in [0.4, 0.5) is 0 Å². The minimum absolute atomic E-state index is 0.0536. The Morgan fingerprint density at radius 2 is 1.88 bits per heavy atom. The van der Waals surface area contributed by atoms with E-state index >= 15 is 0 Å². The van der Waals surface area contributed by atoms with Gasteiger partial charge in [0.05, 0.1) is 6.61 Å². The maximum absolute atomic E-state index is 11.3. The van der Waals surface area contributed by atoms with Gasteiger partial charge in [0.2, 0.25) is 5.91 Å². The molecule has 0 spiro atoms. The van der Waals surface area contributed by atoms with Gasteiger partial charge in [0, 0.05) is 25.4 Å². The van der Waals surface area contributed by atoms with Crippen molar-refractivity contribution >= 4 is 11.9 Å². The zero-order valence-corrected chi connectivity index (χ0v) is 11.0. The molecule has 0 aromatic carbocycles. The van der Waals surface area contributed by atoms with Crippen LogP contribution < -0.4 is 10.6 Å². The fourth-order valence-electron chi connectivity index (χ4n) is 1.31. The lowest BCUT2D eigenvalue weighted by molar-refractivity contribution is -0.143. The van der Waals surface area contributed by atoms with Gasteiger partial charge in [0.25, 0.3) is 0 Å². The van der Waals surface area contributed by atoms with Gasteiger partial charge in [-0.1, -0.05) is 0 Å². The van der Waals surface area contributed by atoms with Crippen molar-refractivity contribution in [3.05, 3.63) is 0 Å². The normalized spacial score (nSPS) is 10.4. The van der Waals surface area contributed by atoms with E-state index in [4.69, 9.17) is 4.74 Å². The number of carbonyl (C=O) groups excluding carboxylic acids is 2. The first-order valence-electron chi connectivity index (χ1n) is 6.22. The SMILES string of the molecule is CCOC(=O)CCCNCCC(=O)NC(C)C. The molecule has 0 rings (SSSR count). The number of hydrogen-bond acceptors (Lipinski definition) is 4. The number of nitrogens with one attached hydrogen (secondary N) is 2. The van der Waals surface area contributed by atoms with Gasteiger partial charge < -0.3 is 15.4 Å². The highest BCUT2D eigenvalue weighted by atomic mass is 16.5. The van der Waals surface area contributed by atoms with E-state index in [1.807, 2.05) is 13.8 Å². The van der Waals surface area contributed by atoms with Gasteiger partial charge in [-0.2, -0.15) is 0 Å². The summed E-state index contributed by atoms with van der Waals surface area (Å²) in [5.74, 6) is -0.107. The number of amides is 1. The van der Waals surface area contributed by atoms with E-state index < -0.39 is 0 Å². The van der Waals surface area contributed by atoms with Crippen LogP contribution in [0.5, 0.6) is 0 Å². The molecule has 0 fully saturated rings. The third kappa shape index (κ3) is 11.2. The van der Waals surface area contributed by atoms with Gasteiger partial charge in [-0.05, 0) is 33.7 Å². The van der Waals surface area contributed by atoms with Gasteiger partial charge in [-0.25, -0.2) is 0 Å². The number of ether oxygens (including phenoxy) is 1. The molecule has 0 aliphatic rings. The van der Waals surface area contributed by atoms with E-state index in [-0.39, 0.29) is 17.9 Å². The molecule has 100 valence electrons. The molecule has 17 heavy (non-hydrogen) atoms. The van der Waals surface area contributed by atoms with Gasteiger partial charge in [0.1, 0.15) is 0 Å². The Balaban J connectivity index is 3.29. The molecular weight excluding hydrogens is 220 g/mol. The lowest BCUT2D eigenvalue weighted by atomic mass is 10.3. The predicted octanol–water partition coefficient (Wildman–Crippen LogP) is 0.834. The third-order valence-corrected chi connectivity index (χ3v) is 2.02. The Kier molecular flexibility index (Phi) is 9.43. The molecule has 5 heteroatoms. The summed E-state index contributed by atoms with van der Waals surface area (Å²) in [5.41, 5.74) is 0. The molecule has 0 bridgehead atoms. The summed E-state index contributed by atoms with van der Waals surface area (Å²) in [7, 11) is 0. The standard InChI is InChI=1S/C12H24N2O3/c1-4-17-12(16)6-5-8-13-9-7-11(15)14-10(2)3/h10,13H,4-9H2,1-3H3,(H,14,15). The second kappa shape index (κ2) is 10.1. The van der Waals surface area contributed by atoms with Crippen LogP contribution in [0.15, 0.2) is 0 Å². The van der Waals surface area contributed by atoms with Crippen molar-refractivity contribution in [3.63, 3.8) is 0 Å². The molecule has 0 aliphatic heterocycles. The molecule has 0 atom stereocenters. The molecule has 0 saturated carbocycles. The molecular formula is C12H24N2O3. The topological polar surface area (TPSA) is 67.4 Å². The minimum atomic E-state index is -0.160. The average molecular weight is 244 g/mol. The Hall–Kier alpha value is -1.10. The quantitative estimate of drug-likeness (QED) is 0.466. The molecule has 0 unspecified atom stereocenters. The molecule has 0 aromatic heterocycles. The summed E-state index contributed by atoms with van der Waals surface area (Å²) in [6.45, 7) is 7.47. The van der Waals surface area contributed by atoms with Crippen LogP contribution >= 0.6 is 0 Å². The number of rotatable bonds is 9. The molecule has 0 aromatic rings. The highest BCUT2D eigenvalue weighted by Crippen LogP contribution is 1.91. The van der Waals surface area contributed by atoms with Crippen molar-refractivity contribution < 1.29 is 14.3 Å². The van der Waals surface area contributed by atoms with Crippen LogP contribution in [0.1, 0.15) is 40.0 Å². The average Bonchev–Trinajstić information content (AvgIpc) is 2.22. The van der Waals surface area contributed by atoms with Crippen molar-refractivity contribution in [2.45, 2.75) is 46.1 Å². The van der Waals surface area contributed by atoms with Crippen molar-refractivity contribution in [3.8, 4) is 0 Å². The summed E-state index contributed by atoms with van der Waals surface area (Å²) >= 11 is 0. The van der Waals surface area contributed by atoms with E-state index in [2.05, 4.69) is 10.6 Å². The van der Waals surface area contributed by atoms with E-state index in [1.165, 1.54) is 0 Å². The van der Waals surface area contributed by atoms with Gasteiger partial charge >= 0.3 is 5.97 Å². The molecule has 0 radical (unpaired) electrons. The van der Waals surface area contributed by atoms with E-state index in [9.17, 15) is 9.59 Å². The number of hydrogen-bond donors (Lipinski definition) is 2. The van der Waals surface area contributed by atoms with Crippen LogP contribution in [0.25, 0.3) is 0 Å². The van der Waals surface area contributed by atoms with Crippen LogP contribution in [0.3, 0.4) is 0 Å². The summed E-state index contributed by atoms with van der Waals surface area (Å²) < 4.78 is 4.80. The Bertz CT molecular complexity index is 230. The van der Waals surface area contributed by atoms with Crippen molar-refractivity contribution in [1.29, 1.82) is 0 Å². The zero-order chi connectivity index (χ0) is 13.1. The van der Waals surface area contributed by atoms with Gasteiger partial charge in [-0.3, -0.25) is 9.59 Å². The predicted molar refractivity (Wildman–Crippen MR) is 66.6 cm³/mol. The maximum atomic E-state index is 11.3. The van der Waals surface area contributed by atoms with E-state index in [1.54, 1.807) is 6.92 Å². The van der Waals surface area contributed by atoms with E-state index in [0.29, 0.717) is 26.0 Å². The number of esters is 1. The molecule has 2 N–H and O–H groups in total. The Morgan fingerprint density at radius 1 is 1.18 bits per heavy atom. The molecule has 0 aliphatic carbocycles. The largest absolute Gasteiger partial charge is 0.466 e. The van der Waals surface area contributed by atoms with Crippen LogP contribution in [-0.4, -0.2) is 37.6 Å². The van der Waals surface area contributed by atoms with E-state index in [0.717, 1.165) is 13.0 Å². The molecule has 0 saturated heterocycles. The summed E-state index contributed by atoms with van der Waals surface area (Å²) in [6, 6.07) is 0.186. The first-order chi connectivity index (χ1) is 8.06. The van der Waals surface area contributed by atoms with Crippen LogP contribution in [0, 0.1) is 0 Å². The summed E-state index contributed by atoms with van der Waals surface area (Å²) in [6.07, 6.45) is 1.64.